The summed E-state index contributed by atoms with van der Waals surface area (Å²) in [4.78, 5) is 47.7. The van der Waals surface area contributed by atoms with Crippen LogP contribution in [0.2, 0.25) is 10.0 Å². The number of anilines is 2. The van der Waals surface area contributed by atoms with Gasteiger partial charge in [-0.3, -0.25) is 19.4 Å². The number of aromatic nitrogens is 2. The Morgan fingerprint density at radius 1 is 0.935 bits per heavy atom. The fraction of sp³-hybridized carbons (Fsp3) is 0.114. The van der Waals surface area contributed by atoms with Crippen molar-refractivity contribution in [2.75, 3.05) is 23.8 Å². The Morgan fingerprint density at radius 2 is 1.70 bits per heavy atom. The van der Waals surface area contributed by atoms with E-state index in [1.165, 1.54) is 11.0 Å². The minimum atomic E-state index is -0.462. The van der Waals surface area contributed by atoms with Gasteiger partial charge in [-0.15, -0.1) is 0 Å². The lowest BCUT2D eigenvalue weighted by Gasteiger charge is -2.21. The predicted molar refractivity (Wildman–Crippen MR) is 181 cm³/mol. The van der Waals surface area contributed by atoms with Crippen molar-refractivity contribution in [3.63, 3.8) is 0 Å². The first-order valence-corrected chi connectivity index (χ1v) is 14.9. The molecule has 0 atom stereocenters. The van der Waals surface area contributed by atoms with Crippen LogP contribution in [0.4, 0.5) is 11.4 Å². The van der Waals surface area contributed by atoms with E-state index < -0.39 is 11.8 Å². The van der Waals surface area contributed by atoms with E-state index in [0.29, 0.717) is 38.8 Å². The number of aryl methyl sites for hydroxylation is 1. The number of amides is 3. The fourth-order valence-corrected chi connectivity index (χ4v) is 5.10. The summed E-state index contributed by atoms with van der Waals surface area (Å²) >= 11 is 13.2. The zero-order valence-corrected chi connectivity index (χ0v) is 26.5. The van der Waals surface area contributed by atoms with Crippen LogP contribution < -0.4 is 20.3 Å². The van der Waals surface area contributed by atoms with Gasteiger partial charge < -0.3 is 20.3 Å². The summed E-state index contributed by atoms with van der Waals surface area (Å²) in [6, 6.07) is 23.0. The zero-order valence-electron chi connectivity index (χ0n) is 25.0. The number of carbonyl (C=O) groups is 3. The van der Waals surface area contributed by atoms with Crippen molar-refractivity contribution in [3.05, 3.63) is 130 Å². The van der Waals surface area contributed by atoms with E-state index >= 15 is 0 Å². The Bertz CT molecular complexity index is 1930. The molecule has 2 aromatic heterocycles. The van der Waals surface area contributed by atoms with Crippen LogP contribution in [-0.2, 0) is 16.2 Å². The number of para-hydroxylation sites is 1. The lowest BCUT2D eigenvalue weighted by molar-refractivity contribution is -0.122. The SMILES string of the molecule is Cc1ccc2cccc(OCc3c(Cl)ccc(N(C)C(=O)CNC(=O)/C=C/c4ccc(C(=O)Nc5ccncc5)cc4)c3Cl)c2n1. The maximum absolute atomic E-state index is 13.0. The van der Waals surface area contributed by atoms with Crippen LogP contribution in [0.5, 0.6) is 5.75 Å². The average molecular weight is 655 g/mol. The van der Waals surface area contributed by atoms with Crippen molar-refractivity contribution in [2.24, 2.45) is 0 Å². The first-order valence-electron chi connectivity index (χ1n) is 14.2. The number of benzene rings is 3. The molecule has 0 saturated heterocycles. The molecule has 5 rings (SSSR count). The highest BCUT2D eigenvalue weighted by atomic mass is 35.5. The van der Waals surface area contributed by atoms with Gasteiger partial charge in [0, 0.05) is 58.4 Å². The molecule has 3 amide bonds. The fourth-order valence-electron chi connectivity index (χ4n) is 4.49. The molecule has 232 valence electrons. The van der Waals surface area contributed by atoms with E-state index in [1.54, 1.807) is 74.0 Å². The summed E-state index contributed by atoms with van der Waals surface area (Å²) in [5.74, 6) is -0.534. The van der Waals surface area contributed by atoms with Gasteiger partial charge in [0.25, 0.3) is 5.91 Å². The van der Waals surface area contributed by atoms with Crippen LogP contribution in [0.3, 0.4) is 0 Å². The van der Waals surface area contributed by atoms with Gasteiger partial charge in [0.1, 0.15) is 17.9 Å². The number of likely N-dealkylation sites (N-methyl/N-ethyl adjacent to an activating group) is 1. The van der Waals surface area contributed by atoms with Crippen molar-refractivity contribution < 1.29 is 19.1 Å². The Balaban J connectivity index is 1.16. The Hall–Kier alpha value is -5.25. The number of hydrogen-bond acceptors (Lipinski definition) is 6. The summed E-state index contributed by atoms with van der Waals surface area (Å²) in [6.45, 7) is 1.70. The standard InChI is InChI=1S/C35H29Cl2N5O4/c1-22-6-10-24-4-3-5-30(34(24)40-22)46-21-27-28(36)13-14-29(33(27)37)42(2)32(44)20-39-31(43)15-9-23-7-11-25(12-8-23)35(45)41-26-16-18-38-19-17-26/h3-19H,20-21H2,1-2H3,(H,39,43)(H,38,41,45)/b15-9+. The van der Waals surface area contributed by atoms with Gasteiger partial charge in [-0.1, -0.05) is 53.5 Å². The van der Waals surface area contributed by atoms with Crippen LogP contribution in [0.1, 0.15) is 27.2 Å². The third-order valence-corrected chi connectivity index (χ3v) is 7.82. The Morgan fingerprint density at radius 3 is 2.46 bits per heavy atom. The zero-order chi connectivity index (χ0) is 32.6. The maximum Gasteiger partial charge on any atom is 0.255 e. The molecule has 0 aliphatic carbocycles. The number of nitrogens with zero attached hydrogens (tertiary/aromatic N) is 3. The number of pyridine rings is 2. The molecule has 2 N–H and O–H groups in total. The van der Waals surface area contributed by atoms with Crippen molar-refractivity contribution >= 4 is 69.3 Å². The molecule has 0 bridgehead atoms. The third-order valence-electron chi connectivity index (χ3n) is 7.05. The number of halogens is 2. The molecular weight excluding hydrogens is 625 g/mol. The second-order valence-electron chi connectivity index (χ2n) is 10.2. The molecule has 0 radical (unpaired) electrons. The molecule has 0 aliphatic heterocycles. The van der Waals surface area contributed by atoms with Crippen molar-refractivity contribution in [2.45, 2.75) is 13.5 Å². The number of carbonyl (C=O) groups excluding carboxylic acids is 3. The summed E-state index contributed by atoms with van der Waals surface area (Å²) in [7, 11) is 1.56. The molecule has 5 aromatic rings. The van der Waals surface area contributed by atoms with Crippen LogP contribution >= 0.6 is 23.2 Å². The first kappa shape index (κ1) is 32.2. The molecule has 0 spiro atoms. The van der Waals surface area contributed by atoms with Crippen molar-refractivity contribution in [1.29, 1.82) is 0 Å². The minimum Gasteiger partial charge on any atom is -0.487 e. The molecule has 3 aromatic carbocycles. The van der Waals surface area contributed by atoms with Gasteiger partial charge in [-0.25, -0.2) is 4.98 Å². The van der Waals surface area contributed by atoms with Gasteiger partial charge in [0.15, 0.2) is 0 Å². The topological polar surface area (TPSA) is 114 Å². The van der Waals surface area contributed by atoms with Gasteiger partial charge in [0.2, 0.25) is 11.8 Å². The second-order valence-corrected chi connectivity index (χ2v) is 11.0. The van der Waals surface area contributed by atoms with E-state index in [0.717, 1.165) is 16.6 Å². The smallest absolute Gasteiger partial charge is 0.255 e. The quantitative estimate of drug-likeness (QED) is 0.159. The van der Waals surface area contributed by atoms with Gasteiger partial charge in [-0.2, -0.15) is 0 Å². The lowest BCUT2D eigenvalue weighted by atomic mass is 10.1. The predicted octanol–water partition coefficient (Wildman–Crippen LogP) is 6.87. The van der Waals surface area contributed by atoms with Crippen molar-refractivity contribution in [1.82, 2.24) is 15.3 Å². The van der Waals surface area contributed by atoms with Crippen LogP contribution in [0.15, 0.2) is 97.3 Å². The van der Waals surface area contributed by atoms with Crippen LogP contribution in [0, 0.1) is 6.92 Å². The Kier molecular flexibility index (Phi) is 10.3. The largest absolute Gasteiger partial charge is 0.487 e. The summed E-state index contributed by atoms with van der Waals surface area (Å²) in [5.41, 5.74) is 4.32. The van der Waals surface area contributed by atoms with Gasteiger partial charge in [-0.05, 0) is 67.1 Å². The molecule has 0 saturated carbocycles. The minimum absolute atomic E-state index is 0.0557. The number of rotatable bonds is 10. The maximum atomic E-state index is 13.0. The first-order chi connectivity index (χ1) is 22.2. The van der Waals surface area contributed by atoms with Crippen LogP contribution in [-0.4, -0.2) is 41.3 Å². The summed E-state index contributed by atoms with van der Waals surface area (Å²) < 4.78 is 6.08. The molecule has 2 heterocycles. The highest BCUT2D eigenvalue weighted by Crippen LogP contribution is 2.35. The van der Waals surface area contributed by atoms with E-state index in [1.807, 2.05) is 37.3 Å². The molecule has 9 nitrogen and oxygen atoms in total. The van der Waals surface area contributed by atoms with Gasteiger partial charge >= 0.3 is 0 Å². The van der Waals surface area contributed by atoms with Crippen LogP contribution in [0.25, 0.3) is 17.0 Å². The average Bonchev–Trinajstić information content (AvgIpc) is 3.06. The van der Waals surface area contributed by atoms with E-state index in [2.05, 4.69) is 20.6 Å². The molecule has 0 aliphatic rings. The normalized spacial score (nSPS) is 11.0. The lowest BCUT2D eigenvalue weighted by Crippen LogP contribution is -2.37. The monoisotopic (exact) mass is 653 g/mol. The number of hydrogen-bond donors (Lipinski definition) is 2. The second kappa shape index (κ2) is 14.7. The highest BCUT2D eigenvalue weighted by Gasteiger charge is 2.19. The van der Waals surface area contributed by atoms with E-state index in [9.17, 15) is 14.4 Å². The number of nitrogens with one attached hydrogen (secondary N) is 2. The number of ether oxygens (including phenoxy) is 1. The Labute approximate surface area is 275 Å². The van der Waals surface area contributed by atoms with Crippen molar-refractivity contribution in [3.8, 4) is 5.75 Å². The molecule has 0 fully saturated rings. The third kappa shape index (κ3) is 7.87. The number of fused-ring (bicyclic) bond motifs is 1. The molecule has 11 heteroatoms. The van der Waals surface area contributed by atoms with Gasteiger partial charge in [0.05, 0.1) is 17.3 Å². The molecule has 46 heavy (non-hydrogen) atoms. The highest BCUT2D eigenvalue weighted by molar-refractivity contribution is 6.38. The molecule has 0 unspecified atom stereocenters. The summed E-state index contributed by atoms with van der Waals surface area (Å²) in [5, 5.41) is 6.96. The summed E-state index contributed by atoms with van der Waals surface area (Å²) in [6.07, 6.45) is 6.08. The molecular formula is C35H29Cl2N5O4. The van der Waals surface area contributed by atoms with E-state index in [4.69, 9.17) is 27.9 Å². The van der Waals surface area contributed by atoms with E-state index in [-0.39, 0.29) is 24.1 Å².